The van der Waals surface area contributed by atoms with Gasteiger partial charge >= 0.3 is 0 Å². The fourth-order valence-corrected chi connectivity index (χ4v) is 2.80. The Morgan fingerprint density at radius 1 is 1.17 bits per heavy atom. The molecule has 0 saturated heterocycles. The first-order chi connectivity index (χ1) is 11.7. The van der Waals surface area contributed by atoms with E-state index in [4.69, 9.17) is 4.74 Å². The minimum Gasteiger partial charge on any atom is -0.494 e. The predicted molar refractivity (Wildman–Crippen MR) is 90.9 cm³/mol. The quantitative estimate of drug-likeness (QED) is 0.761. The van der Waals surface area contributed by atoms with E-state index in [1.807, 2.05) is 31.2 Å². The van der Waals surface area contributed by atoms with E-state index in [1.165, 1.54) is 29.5 Å². The van der Waals surface area contributed by atoms with Gasteiger partial charge in [0.2, 0.25) is 5.13 Å². The fraction of sp³-hybridized carbons (Fsp3) is 0.118. The lowest BCUT2D eigenvalue weighted by molar-refractivity contribution is 0.102. The third-order valence-electron chi connectivity index (χ3n) is 3.18. The molecule has 0 aliphatic heterocycles. The molecule has 1 N–H and O–H groups in total. The second kappa shape index (κ2) is 7.18. The molecule has 0 unspecified atom stereocenters. The van der Waals surface area contributed by atoms with Gasteiger partial charge in [0.05, 0.1) is 12.2 Å². The van der Waals surface area contributed by atoms with E-state index in [0.29, 0.717) is 16.7 Å². The third kappa shape index (κ3) is 3.57. The molecule has 0 saturated carbocycles. The van der Waals surface area contributed by atoms with E-state index in [2.05, 4.69) is 15.5 Å². The highest BCUT2D eigenvalue weighted by Crippen LogP contribution is 2.28. The van der Waals surface area contributed by atoms with Crippen LogP contribution in [0.15, 0.2) is 48.5 Å². The Hall–Kier alpha value is -2.80. The average Bonchev–Trinajstić information content (AvgIpc) is 3.04. The van der Waals surface area contributed by atoms with Gasteiger partial charge in [-0.15, -0.1) is 10.2 Å². The Bertz CT molecular complexity index is 849. The normalized spacial score (nSPS) is 10.4. The summed E-state index contributed by atoms with van der Waals surface area (Å²) in [7, 11) is 0. The second-order valence-electron chi connectivity index (χ2n) is 4.80. The summed E-state index contributed by atoms with van der Waals surface area (Å²) in [6.07, 6.45) is 0. The van der Waals surface area contributed by atoms with Crippen LogP contribution in [0.3, 0.4) is 0 Å². The average molecular weight is 343 g/mol. The summed E-state index contributed by atoms with van der Waals surface area (Å²) in [4.78, 5) is 12.1. The molecule has 0 aliphatic rings. The Balaban J connectivity index is 1.73. The number of halogens is 1. The monoisotopic (exact) mass is 343 g/mol. The number of amides is 1. The number of benzene rings is 2. The maximum absolute atomic E-state index is 13.6. The molecular weight excluding hydrogens is 329 g/mol. The number of carbonyl (C=O) groups is 1. The highest BCUT2D eigenvalue weighted by Gasteiger charge is 2.14. The molecule has 3 rings (SSSR count). The Labute approximate surface area is 142 Å². The van der Waals surface area contributed by atoms with E-state index in [0.717, 1.165) is 11.3 Å². The van der Waals surface area contributed by atoms with E-state index >= 15 is 0 Å². The van der Waals surface area contributed by atoms with Crippen LogP contribution in [0.2, 0.25) is 0 Å². The summed E-state index contributed by atoms with van der Waals surface area (Å²) >= 11 is 1.22. The molecule has 0 aliphatic carbocycles. The summed E-state index contributed by atoms with van der Waals surface area (Å²) < 4.78 is 19.0. The van der Waals surface area contributed by atoms with Crippen molar-refractivity contribution in [1.29, 1.82) is 0 Å². The van der Waals surface area contributed by atoms with Gasteiger partial charge in [-0.25, -0.2) is 4.39 Å². The molecular formula is C17H14FN3O2S. The van der Waals surface area contributed by atoms with Gasteiger partial charge in [-0.3, -0.25) is 10.1 Å². The van der Waals surface area contributed by atoms with Gasteiger partial charge in [0.15, 0.2) is 0 Å². The number of hydrogen-bond donors (Lipinski definition) is 1. The van der Waals surface area contributed by atoms with Crippen molar-refractivity contribution in [2.24, 2.45) is 0 Å². The van der Waals surface area contributed by atoms with Crippen molar-refractivity contribution >= 4 is 22.4 Å². The van der Waals surface area contributed by atoms with E-state index in [1.54, 1.807) is 6.07 Å². The molecule has 7 heteroatoms. The van der Waals surface area contributed by atoms with Crippen LogP contribution in [0.5, 0.6) is 5.75 Å². The first-order valence-electron chi connectivity index (χ1n) is 7.30. The van der Waals surface area contributed by atoms with Crippen LogP contribution in [-0.4, -0.2) is 22.7 Å². The molecule has 0 atom stereocenters. The third-order valence-corrected chi connectivity index (χ3v) is 4.06. The topological polar surface area (TPSA) is 64.1 Å². The maximum Gasteiger partial charge on any atom is 0.260 e. The molecule has 24 heavy (non-hydrogen) atoms. The first-order valence-corrected chi connectivity index (χ1v) is 8.11. The SMILES string of the molecule is CCOc1ccc(-c2nnc(NC(=O)c3ccccc3F)s2)cc1. The number of nitrogens with zero attached hydrogens (tertiary/aromatic N) is 2. The van der Waals surface area contributed by atoms with Crippen molar-refractivity contribution in [2.45, 2.75) is 6.92 Å². The van der Waals surface area contributed by atoms with Crippen LogP contribution in [0.4, 0.5) is 9.52 Å². The molecule has 1 aromatic heterocycles. The number of aromatic nitrogens is 2. The molecule has 2 aromatic carbocycles. The molecule has 3 aromatic rings. The largest absolute Gasteiger partial charge is 0.494 e. The van der Waals surface area contributed by atoms with Crippen LogP contribution in [0.1, 0.15) is 17.3 Å². The van der Waals surface area contributed by atoms with Crippen LogP contribution in [-0.2, 0) is 0 Å². The Kier molecular flexibility index (Phi) is 4.81. The van der Waals surface area contributed by atoms with Gasteiger partial charge in [0.25, 0.3) is 5.91 Å². The summed E-state index contributed by atoms with van der Waals surface area (Å²) in [5.74, 6) is -0.354. The lowest BCUT2D eigenvalue weighted by Gasteiger charge is -2.02. The minimum absolute atomic E-state index is 0.0321. The highest BCUT2D eigenvalue weighted by atomic mass is 32.1. The van der Waals surface area contributed by atoms with Gasteiger partial charge < -0.3 is 4.74 Å². The van der Waals surface area contributed by atoms with Crippen molar-refractivity contribution in [1.82, 2.24) is 10.2 Å². The molecule has 0 radical (unpaired) electrons. The number of ether oxygens (including phenoxy) is 1. The van der Waals surface area contributed by atoms with Crippen LogP contribution in [0, 0.1) is 5.82 Å². The number of rotatable bonds is 5. The molecule has 122 valence electrons. The van der Waals surface area contributed by atoms with Crippen molar-refractivity contribution < 1.29 is 13.9 Å². The van der Waals surface area contributed by atoms with Gasteiger partial charge in [-0.1, -0.05) is 23.5 Å². The van der Waals surface area contributed by atoms with E-state index in [9.17, 15) is 9.18 Å². The number of carbonyl (C=O) groups excluding carboxylic acids is 1. The van der Waals surface area contributed by atoms with E-state index in [-0.39, 0.29) is 5.56 Å². The molecule has 0 fully saturated rings. The number of nitrogens with one attached hydrogen (secondary N) is 1. The molecule has 0 spiro atoms. The Morgan fingerprint density at radius 2 is 1.92 bits per heavy atom. The zero-order valence-electron chi connectivity index (χ0n) is 12.8. The van der Waals surface area contributed by atoms with Crippen molar-refractivity contribution in [3.05, 3.63) is 59.9 Å². The van der Waals surface area contributed by atoms with E-state index < -0.39 is 11.7 Å². The fourth-order valence-electron chi connectivity index (χ4n) is 2.06. The lowest BCUT2D eigenvalue weighted by atomic mass is 10.2. The Morgan fingerprint density at radius 3 is 2.62 bits per heavy atom. The van der Waals surface area contributed by atoms with Gasteiger partial charge in [-0.05, 0) is 43.3 Å². The standard InChI is InChI=1S/C17H14FN3O2S/c1-2-23-12-9-7-11(8-10-12)16-20-21-17(24-16)19-15(22)13-5-3-4-6-14(13)18/h3-10H,2H2,1H3,(H,19,21,22). The van der Waals surface area contributed by atoms with Crippen molar-refractivity contribution in [3.63, 3.8) is 0 Å². The molecule has 1 heterocycles. The second-order valence-corrected chi connectivity index (χ2v) is 5.78. The number of anilines is 1. The van der Waals surface area contributed by atoms with Crippen molar-refractivity contribution in [2.75, 3.05) is 11.9 Å². The molecule has 5 nitrogen and oxygen atoms in total. The van der Waals surface area contributed by atoms with Gasteiger partial charge in [-0.2, -0.15) is 0 Å². The summed E-state index contributed by atoms with van der Waals surface area (Å²) in [6, 6.07) is 13.2. The summed E-state index contributed by atoms with van der Waals surface area (Å²) in [6.45, 7) is 2.52. The van der Waals surface area contributed by atoms with Crippen LogP contribution in [0.25, 0.3) is 10.6 Å². The minimum atomic E-state index is -0.578. The zero-order valence-corrected chi connectivity index (χ0v) is 13.6. The lowest BCUT2D eigenvalue weighted by Crippen LogP contribution is -2.13. The molecule has 0 bridgehead atoms. The highest BCUT2D eigenvalue weighted by molar-refractivity contribution is 7.18. The van der Waals surface area contributed by atoms with Crippen LogP contribution >= 0.6 is 11.3 Å². The van der Waals surface area contributed by atoms with Gasteiger partial charge in [0, 0.05) is 5.56 Å². The predicted octanol–water partition coefficient (Wildman–Crippen LogP) is 4.00. The maximum atomic E-state index is 13.6. The van der Waals surface area contributed by atoms with Gasteiger partial charge in [0.1, 0.15) is 16.6 Å². The first kappa shape index (κ1) is 16.1. The summed E-state index contributed by atoms with van der Waals surface area (Å²) in [5, 5.41) is 11.5. The molecule has 1 amide bonds. The zero-order chi connectivity index (χ0) is 16.9. The van der Waals surface area contributed by atoms with Crippen LogP contribution < -0.4 is 10.1 Å². The number of hydrogen-bond acceptors (Lipinski definition) is 5. The smallest absolute Gasteiger partial charge is 0.260 e. The van der Waals surface area contributed by atoms with Crippen molar-refractivity contribution in [3.8, 4) is 16.3 Å². The summed E-state index contributed by atoms with van der Waals surface area (Å²) in [5.41, 5.74) is 0.831.